The molecule has 3 aliphatic rings. The summed E-state index contributed by atoms with van der Waals surface area (Å²) in [6.07, 6.45) is 8.33. The summed E-state index contributed by atoms with van der Waals surface area (Å²) in [5.41, 5.74) is 0. The van der Waals surface area contributed by atoms with Gasteiger partial charge in [-0.25, -0.2) is 0 Å². The molecule has 0 aromatic carbocycles. The maximum Gasteiger partial charge on any atom is 0.239 e. The maximum absolute atomic E-state index is 12.3. The number of amides is 1. The summed E-state index contributed by atoms with van der Waals surface area (Å²) in [7, 11) is 0. The lowest BCUT2D eigenvalue weighted by Gasteiger charge is -2.32. The van der Waals surface area contributed by atoms with Gasteiger partial charge in [0, 0.05) is 32.3 Å². The van der Waals surface area contributed by atoms with Crippen LogP contribution in [0.2, 0.25) is 0 Å². The second-order valence-corrected chi connectivity index (χ2v) is 6.33. The van der Waals surface area contributed by atoms with E-state index in [1.54, 1.807) is 0 Å². The van der Waals surface area contributed by atoms with Gasteiger partial charge in [0.15, 0.2) is 0 Å². The van der Waals surface area contributed by atoms with Crippen LogP contribution in [0.25, 0.3) is 0 Å². The predicted molar refractivity (Wildman–Crippen MR) is 73.9 cm³/mol. The van der Waals surface area contributed by atoms with Crippen LogP contribution in [0, 0.1) is 5.92 Å². The lowest BCUT2D eigenvalue weighted by Crippen LogP contribution is -2.51. The van der Waals surface area contributed by atoms with Crippen molar-refractivity contribution < 1.29 is 9.53 Å². The molecular formula is C15H26N2O2. The minimum absolute atomic E-state index is 0.0913. The Morgan fingerprint density at radius 1 is 1.21 bits per heavy atom. The molecule has 4 nitrogen and oxygen atoms in total. The molecule has 1 aliphatic heterocycles. The van der Waals surface area contributed by atoms with Crippen molar-refractivity contribution in [1.29, 1.82) is 0 Å². The van der Waals surface area contributed by atoms with Crippen LogP contribution in [0.1, 0.15) is 44.9 Å². The number of hydrogen-bond acceptors (Lipinski definition) is 3. The van der Waals surface area contributed by atoms with E-state index in [1.807, 2.05) is 4.90 Å². The molecule has 0 aromatic rings. The van der Waals surface area contributed by atoms with Crippen molar-refractivity contribution in [3.8, 4) is 0 Å². The SMILES string of the molecule is O=C1C(NC2CC2)CCCN1CCCOCC1CC1. The molecule has 1 amide bonds. The molecule has 108 valence electrons. The number of piperidine rings is 1. The van der Waals surface area contributed by atoms with Crippen LogP contribution >= 0.6 is 0 Å². The van der Waals surface area contributed by atoms with E-state index in [4.69, 9.17) is 4.74 Å². The van der Waals surface area contributed by atoms with Gasteiger partial charge < -0.3 is 15.0 Å². The number of likely N-dealkylation sites (tertiary alicyclic amines) is 1. The fourth-order valence-corrected chi connectivity index (χ4v) is 2.74. The third kappa shape index (κ3) is 4.18. The van der Waals surface area contributed by atoms with E-state index in [9.17, 15) is 4.79 Å². The Hall–Kier alpha value is -0.610. The molecule has 0 radical (unpaired) electrons. The van der Waals surface area contributed by atoms with Gasteiger partial charge in [0.1, 0.15) is 0 Å². The molecule has 1 atom stereocenters. The number of carbonyl (C=O) groups excluding carboxylic acids is 1. The first-order valence-electron chi connectivity index (χ1n) is 7.95. The Labute approximate surface area is 115 Å². The van der Waals surface area contributed by atoms with E-state index in [1.165, 1.54) is 25.7 Å². The van der Waals surface area contributed by atoms with Crippen molar-refractivity contribution in [2.75, 3.05) is 26.3 Å². The first-order valence-corrected chi connectivity index (χ1v) is 7.95. The number of nitrogens with zero attached hydrogens (tertiary/aromatic N) is 1. The Kier molecular flexibility index (Phi) is 4.38. The fourth-order valence-electron chi connectivity index (χ4n) is 2.74. The lowest BCUT2D eigenvalue weighted by atomic mass is 10.0. The molecule has 2 saturated carbocycles. The van der Waals surface area contributed by atoms with Crippen LogP contribution in [0.15, 0.2) is 0 Å². The van der Waals surface area contributed by atoms with Gasteiger partial charge in [-0.3, -0.25) is 4.79 Å². The highest BCUT2D eigenvalue weighted by Crippen LogP contribution is 2.28. The number of ether oxygens (including phenoxy) is 1. The Bertz CT molecular complexity index is 313. The summed E-state index contributed by atoms with van der Waals surface area (Å²) in [6, 6.07) is 0.712. The quantitative estimate of drug-likeness (QED) is 0.678. The summed E-state index contributed by atoms with van der Waals surface area (Å²) in [5, 5.41) is 3.47. The largest absolute Gasteiger partial charge is 0.381 e. The average Bonchev–Trinajstić information content (AvgIpc) is 3.27. The van der Waals surface area contributed by atoms with E-state index >= 15 is 0 Å². The fraction of sp³-hybridized carbons (Fsp3) is 0.933. The van der Waals surface area contributed by atoms with Crippen molar-refractivity contribution >= 4 is 5.91 Å². The van der Waals surface area contributed by atoms with Crippen molar-refractivity contribution in [3.05, 3.63) is 0 Å². The molecule has 1 N–H and O–H groups in total. The van der Waals surface area contributed by atoms with Gasteiger partial charge in [-0.1, -0.05) is 0 Å². The van der Waals surface area contributed by atoms with Crippen LogP contribution in [-0.4, -0.2) is 49.2 Å². The molecule has 1 saturated heterocycles. The predicted octanol–water partition coefficient (Wildman–Crippen LogP) is 1.55. The Balaban J connectivity index is 1.32. The summed E-state index contributed by atoms with van der Waals surface area (Å²) in [5.74, 6) is 1.16. The number of nitrogens with one attached hydrogen (secondary N) is 1. The van der Waals surface area contributed by atoms with Gasteiger partial charge in [-0.05, 0) is 50.9 Å². The molecule has 4 heteroatoms. The molecule has 0 aromatic heterocycles. The van der Waals surface area contributed by atoms with E-state index in [0.29, 0.717) is 11.9 Å². The van der Waals surface area contributed by atoms with E-state index in [-0.39, 0.29) is 6.04 Å². The minimum Gasteiger partial charge on any atom is -0.381 e. The molecule has 1 heterocycles. The van der Waals surface area contributed by atoms with Gasteiger partial charge in [0.2, 0.25) is 5.91 Å². The van der Waals surface area contributed by atoms with Crippen LogP contribution in [0.4, 0.5) is 0 Å². The van der Waals surface area contributed by atoms with Crippen LogP contribution < -0.4 is 5.32 Å². The molecule has 0 spiro atoms. The smallest absolute Gasteiger partial charge is 0.239 e. The number of rotatable bonds is 8. The van der Waals surface area contributed by atoms with Crippen LogP contribution in [-0.2, 0) is 9.53 Å². The first kappa shape index (κ1) is 13.4. The summed E-state index contributed by atoms with van der Waals surface area (Å²) >= 11 is 0. The third-order valence-corrected chi connectivity index (χ3v) is 4.31. The highest BCUT2D eigenvalue weighted by molar-refractivity contribution is 5.82. The molecule has 1 unspecified atom stereocenters. The molecular weight excluding hydrogens is 240 g/mol. The van der Waals surface area contributed by atoms with E-state index in [2.05, 4.69) is 5.32 Å². The van der Waals surface area contributed by atoms with E-state index < -0.39 is 0 Å². The van der Waals surface area contributed by atoms with Crippen LogP contribution in [0.3, 0.4) is 0 Å². The van der Waals surface area contributed by atoms with Gasteiger partial charge in [-0.2, -0.15) is 0 Å². The lowest BCUT2D eigenvalue weighted by molar-refractivity contribution is -0.136. The first-order chi connectivity index (χ1) is 9.33. The average molecular weight is 266 g/mol. The topological polar surface area (TPSA) is 41.6 Å². The highest BCUT2D eigenvalue weighted by atomic mass is 16.5. The molecule has 3 fully saturated rings. The normalized spacial score (nSPS) is 27.9. The van der Waals surface area contributed by atoms with Gasteiger partial charge in [-0.15, -0.1) is 0 Å². The van der Waals surface area contributed by atoms with E-state index in [0.717, 1.165) is 51.5 Å². The monoisotopic (exact) mass is 266 g/mol. The Morgan fingerprint density at radius 3 is 2.79 bits per heavy atom. The van der Waals surface area contributed by atoms with Crippen molar-refractivity contribution in [3.63, 3.8) is 0 Å². The molecule has 3 rings (SSSR count). The maximum atomic E-state index is 12.3. The third-order valence-electron chi connectivity index (χ3n) is 4.31. The zero-order valence-corrected chi connectivity index (χ0v) is 11.8. The molecule has 2 aliphatic carbocycles. The van der Waals surface area contributed by atoms with Gasteiger partial charge >= 0.3 is 0 Å². The van der Waals surface area contributed by atoms with Gasteiger partial charge in [0.05, 0.1) is 6.04 Å². The summed E-state index contributed by atoms with van der Waals surface area (Å²) < 4.78 is 5.63. The zero-order chi connectivity index (χ0) is 13.1. The Morgan fingerprint density at radius 2 is 2.05 bits per heavy atom. The zero-order valence-electron chi connectivity index (χ0n) is 11.8. The van der Waals surface area contributed by atoms with Crippen LogP contribution in [0.5, 0.6) is 0 Å². The number of carbonyl (C=O) groups is 1. The standard InChI is InChI=1S/C15H26N2O2/c18-15-14(16-13-6-7-13)3-1-8-17(15)9-2-10-19-11-12-4-5-12/h12-14,16H,1-11H2. The summed E-state index contributed by atoms with van der Waals surface area (Å²) in [6.45, 7) is 3.54. The number of hydrogen-bond donors (Lipinski definition) is 1. The highest BCUT2D eigenvalue weighted by Gasteiger charge is 2.33. The minimum atomic E-state index is 0.0913. The second kappa shape index (κ2) is 6.23. The van der Waals surface area contributed by atoms with Crippen molar-refractivity contribution in [1.82, 2.24) is 10.2 Å². The second-order valence-electron chi connectivity index (χ2n) is 6.33. The molecule has 0 bridgehead atoms. The summed E-state index contributed by atoms with van der Waals surface area (Å²) in [4.78, 5) is 14.3. The van der Waals surface area contributed by atoms with Crippen molar-refractivity contribution in [2.45, 2.75) is 57.0 Å². The molecule has 19 heavy (non-hydrogen) atoms. The van der Waals surface area contributed by atoms with Crippen molar-refractivity contribution in [2.24, 2.45) is 5.92 Å². The van der Waals surface area contributed by atoms with Gasteiger partial charge in [0.25, 0.3) is 0 Å².